The minimum absolute atomic E-state index is 0.220. The predicted molar refractivity (Wildman–Crippen MR) is 93.6 cm³/mol. The molecule has 2 saturated heterocycles. The number of nitrogens with zero attached hydrogens (tertiary/aromatic N) is 5. The molecular formula is C18H25N5O4. The highest BCUT2D eigenvalue weighted by molar-refractivity contribution is 6.38. The average molecular weight is 375 g/mol. The Bertz CT molecular complexity index is 744. The van der Waals surface area contributed by atoms with Crippen molar-refractivity contribution in [3.63, 3.8) is 0 Å². The minimum Gasteiger partial charge on any atom is -0.339 e. The van der Waals surface area contributed by atoms with Crippen molar-refractivity contribution < 1.29 is 18.9 Å². The average Bonchev–Trinajstić information content (AvgIpc) is 3.43. The zero-order valence-corrected chi connectivity index (χ0v) is 15.6. The van der Waals surface area contributed by atoms with Gasteiger partial charge in [0, 0.05) is 45.1 Å². The van der Waals surface area contributed by atoms with Gasteiger partial charge in [-0.1, -0.05) is 5.16 Å². The summed E-state index contributed by atoms with van der Waals surface area (Å²) in [5.41, 5.74) is 0. The number of piperidine rings is 1. The van der Waals surface area contributed by atoms with E-state index in [0.717, 1.165) is 36.4 Å². The fourth-order valence-corrected chi connectivity index (χ4v) is 3.84. The molecule has 27 heavy (non-hydrogen) atoms. The summed E-state index contributed by atoms with van der Waals surface area (Å²) >= 11 is 0. The number of rotatable bonds is 4. The maximum atomic E-state index is 12.8. The van der Waals surface area contributed by atoms with E-state index in [4.69, 9.17) is 4.52 Å². The van der Waals surface area contributed by atoms with E-state index in [9.17, 15) is 14.4 Å². The lowest BCUT2D eigenvalue weighted by molar-refractivity contribution is -0.154. The van der Waals surface area contributed by atoms with Crippen LogP contribution in [0.5, 0.6) is 0 Å². The maximum Gasteiger partial charge on any atom is 0.327 e. The van der Waals surface area contributed by atoms with Crippen molar-refractivity contribution in [2.45, 2.75) is 44.9 Å². The van der Waals surface area contributed by atoms with E-state index in [2.05, 4.69) is 10.1 Å². The Hall–Kier alpha value is -2.45. The highest BCUT2D eigenvalue weighted by Crippen LogP contribution is 2.38. The van der Waals surface area contributed by atoms with E-state index in [1.54, 1.807) is 4.90 Å². The van der Waals surface area contributed by atoms with Crippen LogP contribution in [0.15, 0.2) is 4.52 Å². The molecule has 1 atom stereocenters. The number of carbonyl (C=O) groups is 3. The summed E-state index contributed by atoms with van der Waals surface area (Å²) < 4.78 is 5.36. The number of hydrogen-bond donors (Lipinski definition) is 0. The molecule has 9 nitrogen and oxygen atoms in total. The zero-order chi connectivity index (χ0) is 19.0. The second kappa shape index (κ2) is 7.28. The summed E-state index contributed by atoms with van der Waals surface area (Å²) in [6.07, 6.45) is 4.73. The van der Waals surface area contributed by atoms with Gasteiger partial charge in [0.2, 0.25) is 5.89 Å². The number of likely N-dealkylation sites (tertiary alicyclic amines) is 1. The SMILES string of the molecule is CCN1CCN(C(=O)N2CCC[C@H](Cc3nc(C4CC4)no3)C2)C(=O)C1=O. The number of urea groups is 1. The van der Waals surface area contributed by atoms with Gasteiger partial charge in [-0.25, -0.2) is 4.79 Å². The van der Waals surface area contributed by atoms with Gasteiger partial charge in [-0.05, 0) is 38.5 Å². The van der Waals surface area contributed by atoms with Crippen LogP contribution < -0.4 is 0 Å². The summed E-state index contributed by atoms with van der Waals surface area (Å²) in [4.78, 5) is 45.9. The molecular weight excluding hydrogens is 350 g/mol. The Morgan fingerprint density at radius 2 is 1.96 bits per heavy atom. The highest BCUT2D eigenvalue weighted by atomic mass is 16.5. The Labute approximate surface area is 157 Å². The number of aromatic nitrogens is 2. The van der Waals surface area contributed by atoms with Crippen molar-refractivity contribution in [1.29, 1.82) is 0 Å². The van der Waals surface area contributed by atoms with Gasteiger partial charge in [-0.2, -0.15) is 4.98 Å². The number of carbonyl (C=O) groups excluding carboxylic acids is 3. The van der Waals surface area contributed by atoms with E-state index >= 15 is 0 Å². The molecule has 1 saturated carbocycles. The van der Waals surface area contributed by atoms with Crippen LogP contribution in [-0.2, 0) is 16.0 Å². The third kappa shape index (κ3) is 3.68. The highest BCUT2D eigenvalue weighted by Gasteiger charge is 2.38. The van der Waals surface area contributed by atoms with Crippen LogP contribution in [0, 0.1) is 5.92 Å². The topological polar surface area (TPSA) is 99.8 Å². The van der Waals surface area contributed by atoms with Gasteiger partial charge in [0.05, 0.1) is 0 Å². The van der Waals surface area contributed by atoms with Crippen LogP contribution in [-0.4, -0.2) is 75.4 Å². The summed E-state index contributed by atoms with van der Waals surface area (Å²) in [6, 6.07) is -0.363. The van der Waals surface area contributed by atoms with Crippen molar-refractivity contribution in [3.8, 4) is 0 Å². The molecule has 3 fully saturated rings. The number of piperazine rings is 1. The predicted octanol–water partition coefficient (Wildman–Crippen LogP) is 1.01. The number of likely N-dealkylation sites (N-methyl/N-ethyl adjacent to an activating group) is 1. The molecule has 1 aromatic rings. The van der Waals surface area contributed by atoms with E-state index in [1.807, 2.05) is 6.92 Å². The lowest BCUT2D eigenvalue weighted by Crippen LogP contribution is -2.59. The van der Waals surface area contributed by atoms with E-state index in [0.29, 0.717) is 44.4 Å². The quantitative estimate of drug-likeness (QED) is 0.728. The molecule has 0 N–H and O–H groups in total. The number of imide groups is 1. The standard InChI is InChI=1S/C18H25N5O4/c1-2-21-8-9-23(17(25)16(21)24)18(26)22-7-3-4-12(11-22)10-14-19-15(20-27-14)13-5-6-13/h12-13H,2-11H2,1H3/t12-/m1/s1. The summed E-state index contributed by atoms with van der Waals surface area (Å²) in [7, 11) is 0. The van der Waals surface area contributed by atoms with Gasteiger partial charge in [0.1, 0.15) is 0 Å². The van der Waals surface area contributed by atoms with E-state index in [1.165, 1.54) is 4.90 Å². The molecule has 3 heterocycles. The molecule has 9 heteroatoms. The molecule has 2 aliphatic heterocycles. The van der Waals surface area contributed by atoms with Gasteiger partial charge in [-0.15, -0.1) is 0 Å². The first kappa shape index (κ1) is 17.9. The second-order valence-electron chi connectivity index (χ2n) is 7.60. The van der Waals surface area contributed by atoms with Gasteiger partial charge in [-0.3, -0.25) is 14.5 Å². The minimum atomic E-state index is -0.721. The van der Waals surface area contributed by atoms with Crippen LogP contribution in [0.25, 0.3) is 0 Å². The lowest BCUT2D eigenvalue weighted by Gasteiger charge is -2.38. The van der Waals surface area contributed by atoms with Crippen molar-refractivity contribution >= 4 is 17.8 Å². The Morgan fingerprint density at radius 1 is 1.15 bits per heavy atom. The fraction of sp³-hybridized carbons (Fsp3) is 0.722. The van der Waals surface area contributed by atoms with E-state index in [-0.39, 0.29) is 18.5 Å². The molecule has 4 rings (SSSR count). The summed E-state index contributed by atoms with van der Waals surface area (Å²) in [6.45, 7) is 4.09. The lowest BCUT2D eigenvalue weighted by atomic mass is 9.95. The first-order valence-corrected chi connectivity index (χ1v) is 9.79. The monoisotopic (exact) mass is 375 g/mol. The van der Waals surface area contributed by atoms with Crippen molar-refractivity contribution in [3.05, 3.63) is 11.7 Å². The molecule has 4 amide bonds. The summed E-state index contributed by atoms with van der Waals surface area (Å²) in [5.74, 6) is 0.784. The first-order valence-electron chi connectivity index (χ1n) is 9.79. The molecule has 0 bridgehead atoms. The molecule has 3 aliphatic rings. The Morgan fingerprint density at radius 3 is 2.70 bits per heavy atom. The largest absolute Gasteiger partial charge is 0.339 e. The zero-order valence-electron chi connectivity index (χ0n) is 15.6. The third-order valence-corrected chi connectivity index (χ3v) is 5.60. The van der Waals surface area contributed by atoms with Crippen molar-refractivity contribution in [1.82, 2.24) is 24.8 Å². The van der Waals surface area contributed by atoms with E-state index < -0.39 is 11.8 Å². The van der Waals surface area contributed by atoms with Crippen molar-refractivity contribution in [2.75, 3.05) is 32.7 Å². The normalized spacial score (nSPS) is 23.9. The van der Waals surface area contributed by atoms with Crippen LogP contribution in [0.3, 0.4) is 0 Å². The fourth-order valence-electron chi connectivity index (χ4n) is 3.84. The molecule has 0 radical (unpaired) electrons. The van der Waals surface area contributed by atoms with Crippen LogP contribution in [0.4, 0.5) is 4.79 Å². The molecule has 0 unspecified atom stereocenters. The van der Waals surface area contributed by atoms with Gasteiger partial charge < -0.3 is 14.3 Å². The smallest absolute Gasteiger partial charge is 0.327 e. The first-order chi connectivity index (χ1) is 13.1. The van der Waals surface area contributed by atoms with Crippen LogP contribution in [0.1, 0.15) is 50.2 Å². The van der Waals surface area contributed by atoms with Crippen LogP contribution >= 0.6 is 0 Å². The van der Waals surface area contributed by atoms with Gasteiger partial charge in [0.25, 0.3) is 0 Å². The maximum absolute atomic E-state index is 12.8. The molecule has 146 valence electrons. The molecule has 1 aliphatic carbocycles. The molecule has 1 aromatic heterocycles. The Balaban J connectivity index is 1.36. The number of amides is 4. The van der Waals surface area contributed by atoms with Gasteiger partial charge >= 0.3 is 17.8 Å². The van der Waals surface area contributed by atoms with Crippen molar-refractivity contribution in [2.24, 2.45) is 5.92 Å². The van der Waals surface area contributed by atoms with Gasteiger partial charge in [0.15, 0.2) is 5.82 Å². The summed E-state index contributed by atoms with van der Waals surface area (Å²) in [5, 5.41) is 4.04. The Kier molecular flexibility index (Phi) is 4.84. The number of hydrogen-bond acceptors (Lipinski definition) is 6. The second-order valence-corrected chi connectivity index (χ2v) is 7.60. The molecule has 0 spiro atoms. The van der Waals surface area contributed by atoms with Crippen LogP contribution in [0.2, 0.25) is 0 Å². The molecule has 0 aromatic carbocycles. The third-order valence-electron chi connectivity index (χ3n) is 5.60.